The SMILES string of the molecule is CCOCC(C(C)C)N1C2CCCC1CC(=O)C2. The molecule has 3 unspecified atom stereocenters. The fraction of sp³-hybridized carbons (Fsp3) is 0.933. The molecule has 0 aromatic rings. The van der Waals surface area contributed by atoms with Crippen LogP contribution in [0.4, 0.5) is 0 Å². The highest BCUT2D eigenvalue weighted by Crippen LogP contribution is 2.35. The van der Waals surface area contributed by atoms with Crippen molar-refractivity contribution >= 4 is 5.78 Å². The van der Waals surface area contributed by atoms with Crippen LogP contribution < -0.4 is 0 Å². The zero-order valence-electron chi connectivity index (χ0n) is 12.0. The highest BCUT2D eigenvalue weighted by Gasteiger charge is 2.41. The van der Waals surface area contributed by atoms with Crippen molar-refractivity contribution in [1.82, 2.24) is 4.90 Å². The lowest BCUT2D eigenvalue weighted by Crippen LogP contribution is -2.59. The van der Waals surface area contributed by atoms with E-state index in [1.54, 1.807) is 0 Å². The number of hydrogen-bond acceptors (Lipinski definition) is 3. The number of piperidine rings is 2. The molecule has 2 fully saturated rings. The van der Waals surface area contributed by atoms with E-state index in [1.165, 1.54) is 19.3 Å². The van der Waals surface area contributed by atoms with Gasteiger partial charge < -0.3 is 4.74 Å². The van der Waals surface area contributed by atoms with Gasteiger partial charge in [0.2, 0.25) is 0 Å². The molecule has 2 saturated heterocycles. The highest BCUT2D eigenvalue weighted by molar-refractivity contribution is 5.80. The maximum absolute atomic E-state index is 11.8. The molecule has 3 atom stereocenters. The Hall–Kier alpha value is -0.410. The predicted octanol–water partition coefficient (Wildman–Crippen LogP) is 2.63. The van der Waals surface area contributed by atoms with Crippen molar-refractivity contribution in [1.29, 1.82) is 0 Å². The Bertz CT molecular complexity index is 274. The lowest BCUT2D eigenvalue weighted by Gasteiger charge is -2.50. The third-order valence-corrected chi connectivity index (χ3v) is 4.49. The Balaban J connectivity index is 2.10. The summed E-state index contributed by atoms with van der Waals surface area (Å²) in [6.45, 7) is 8.20. The van der Waals surface area contributed by atoms with Crippen molar-refractivity contribution < 1.29 is 9.53 Å². The van der Waals surface area contributed by atoms with Crippen LogP contribution in [0.3, 0.4) is 0 Å². The van der Waals surface area contributed by atoms with Gasteiger partial charge in [-0.2, -0.15) is 0 Å². The minimum absolute atomic E-state index is 0.472. The Kier molecular flexibility index (Phi) is 4.79. The number of hydrogen-bond donors (Lipinski definition) is 0. The largest absolute Gasteiger partial charge is 0.380 e. The maximum Gasteiger partial charge on any atom is 0.136 e. The Morgan fingerprint density at radius 1 is 1.28 bits per heavy atom. The normalized spacial score (nSPS) is 30.8. The number of ether oxygens (including phenoxy) is 1. The van der Waals surface area contributed by atoms with Crippen LogP contribution in [0.25, 0.3) is 0 Å². The Labute approximate surface area is 111 Å². The van der Waals surface area contributed by atoms with Crippen molar-refractivity contribution in [2.24, 2.45) is 5.92 Å². The highest BCUT2D eigenvalue weighted by atomic mass is 16.5. The van der Waals surface area contributed by atoms with E-state index in [4.69, 9.17) is 4.74 Å². The fourth-order valence-corrected chi connectivity index (χ4v) is 3.61. The minimum Gasteiger partial charge on any atom is -0.380 e. The average molecular weight is 253 g/mol. The van der Waals surface area contributed by atoms with Gasteiger partial charge in [-0.25, -0.2) is 0 Å². The first-order chi connectivity index (χ1) is 8.63. The van der Waals surface area contributed by atoms with Gasteiger partial charge in [-0.15, -0.1) is 0 Å². The molecule has 3 nitrogen and oxygen atoms in total. The van der Waals surface area contributed by atoms with Crippen molar-refractivity contribution in [3.63, 3.8) is 0 Å². The fourth-order valence-electron chi connectivity index (χ4n) is 3.61. The summed E-state index contributed by atoms with van der Waals surface area (Å²) in [6, 6.07) is 1.45. The van der Waals surface area contributed by atoms with Gasteiger partial charge in [-0.1, -0.05) is 20.3 Å². The van der Waals surface area contributed by atoms with E-state index in [0.29, 0.717) is 29.8 Å². The lowest BCUT2D eigenvalue weighted by molar-refractivity contribution is -0.131. The van der Waals surface area contributed by atoms with Gasteiger partial charge in [0.25, 0.3) is 0 Å². The van der Waals surface area contributed by atoms with E-state index in [-0.39, 0.29) is 0 Å². The second kappa shape index (κ2) is 6.16. The molecule has 0 amide bonds. The van der Waals surface area contributed by atoms with E-state index in [2.05, 4.69) is 25.7 Å². The molecule has 0 aromatic heterocycles. The summed E-state index contributed by atoms with van der Waals surface area (Å²) in [5.74, 6) is 1.06. The number of ketones is 1. The molecule has 0 aromatic carbocycles. The summed E-state index contributed by atoms with van der Waals surface area (Å²) >= 11 is 0. The summed E-state index contributed by atoms with van der Waals surface area (Å²) in [5, 5.41) is 0. The van der Waals surface area contributed by atoms with Crippen LogP contribution in [0.1, 0.15) is 52.9 Å². The zero-order valence-corrected chi connectivity index (χ0v) is 12.0. The van der Waals surface area contributed by atoms with Crippen LogP contribution >= 0.6 is 0 Å². The number of fused-ring (bicyclic) bond motifs is 2. The van der Waals surface area contributed by atoms with Gasteiger partial charge in [0.05, 0.1) is 6.61 Å². The smallest absolute Gasteiger partial charge is 0.136 e. The number of Topliss-reactive ketones (excluding diaryl/α,β-unsaturated/α-hetero) is 1. The molecule has 0 N–H and O–H groups in total. The van der Waals surface area contributed by atoms with E-state index in [0.717, 1.165) is 26.1 Å². The molecule has 2 aliphatic heterocycles. The first-order valence-corrected chi connectivity index (χ1v) is 7.50. The predicted molar refractivity (Wildman–Crippen MR) is 72.6 cm³/mol. The number of carbonyl (C=O) groups excluding carboxylic acids is 1. The molecule has 2 rings (SSSR count). The molecule has 0 aliphatic carbocycles. The van der Waals surface area contributed by atoms with Crippen LogP contribution in [0.2, 0.25) is 0 Å². The molecule has 18 heavy (non-hydrogen) atoms. The first kappa shape index (κ1) is 14.0. The standard InChI is InChI=1S/C15H27NO2/c1-4-18-10-15(11(2)3)16-12-6-5-7-13(16)9-14(17)8-12/h11-13,15H,4-10H2,1-3H3. The van der Waals surface area contributed by atoms with E-state index in [1.807, 2.05) is 0 Å². The molecule has 0 saturated carbocycles. The Morgan fingerprint density at radius 3 is 2.39 bits per heavy atom. The van der Waals surface area contributed by atoms with E-state index in [9.17, 15) is 4.79 Å². The number of carbonyl (C=O) groups is 1. The molecule has 2 heterocycles. The van der Waals surface area contributed by atoms with E-state index >= 15 is 0 Å². The van der Waals surface area contributed by atoms with E-state index < -0.39 is 0 Å². The molecule has 0 spiro atoms. The summed E-state index contributed by atoms with van der Waals surface area (Å²) in [5.41, 5.74) is 0. The third kappa shape index (κ3) is 2.94. The van der Waals surface area contributed by atoms with Gasteiger partial charge in [-0.3, -0.25) is 9.69 Å². The van der Waals surface area contributed by atoms with Gasteiger partial charge in [0.15, 0.2) is 0 Å². The molecular weight excluding hydrogens is 226 g/mol. The molecule has 2 bridgehead atoms. The van der Waals surface area contributed by atoms with Gasteiger partial charge >= 0.3 is 0 Å². The maximum atomic E-state index is 11.8. The van der Waals surface area contributed by atoms with Crippen LogP contribution in [-0.4, -0.2) is 42.0 Å². The molecule has 104 valence electrons. The van der Waals surface area contributed by atoms with Gasteiger partial charge in [-0.05, 0) is 25.7 Å². The lowest BCUT2D eigenvalue weighted by atomic mass is 9.81. The summed E-state index contributed by atoms with van der Waals surface area (Å²) in [6.07, 6.45) is 5.21. The summed E-state index contributed by atoms with van der Waals surface area (Å²) < 4.78 is 5.68. The second-order valence-corrected chi connectivity index (χ2v) is 6.10. The molecule has 0 radical (unpaired) electrons. The van der Waals surface area contributed by atoms with Crippen LogP contribution in [0.15, 0.2) is 0 Å². The third-order valence-electron chi connectivity index (χ3n) is 4.49. The molecular formula is C15H27NO2. The van der Waals surface area contributed by atoms with Crippen molar-refractivity contribution in [2.45, 2.75) is 71.0 Å². The quantitative estimate of drug-likeness (QED) is 0.754. The van der Waals surface area contributed by atoms with Gasteiger partial charge in [0, 0.05) is 37.6 Å². The van der Waals surface area contributed by atoms with Crippen LogP contribution in [0.5, 0.6) is 0 Å². The summed E-state index contributed by atoms with van der Waals surface area (Å²) in [4.78, 5) is 14.4. The summed E-state index contributed by atoms with van der Waals surface area (Å²) in [7, 11) is 0. The van der Waals surface area contributed by atoms with Gasteiger partial charge in [0.1, 0.15) is 5.78 Å². The van der Waals surface area contributed by atoms with Crippen molar-refractivity contribution in [3.05, 3.63) is 0 Å². The topological polar surface area (TPSA) is 29.5 Å². The van der Waals surface area contributed by atoms with Crippen LogP contribution in [-0.2, 0) is 9.53 Å². The first-order valence-electron chi connectivity index (χ1n) is 7.50. The Morgan fingerprint density at radius 2 is 1.89 bits per heavy atom. The average Bonchev–Trinajstić information content (AvgIpc) is 2.29. The second-order valence-electron chi connectivity index (χ2n) is 6.10. The number of nitrogens with zero attached hydrogens (tertiary/aromatic N) is 1. The number of rotatable bonds is 5. The van der Waals surface area contributed by atoms with Crippen molar-refractivity contribution in [2.75, 3.05) is 13.2 Å². The molecule has 3 heteroatoms. The minimum atomic E-state index is 0.472. The van der Waals surface area contributed by atoms with Crippen molar-refractivity contribution in [3.8, 4) is 0 Å². The molecule has 2 aliphatic rings. The van der Waals surface area contributed by atoms with Crippen LogP contribution in [0, 0.1) is 5.92 Å². The zero-order chi connectivity index (χ0) is 13.1. The monoisotopic (exact) mass is 253 g/mol.